The average molecular weight is 228 g/mol. The summed E-state index contributed by atoms with van der Waals surface area (Å²) in [6, 6.07) is 0. The maximum absolute atomic E-state index is 10.9. The average Bonchev–Trinajstić information content (AvgIpc) is 2.61. The van der Waals surface area contributed by atoms with Crippen LogP contribution in [0.5, 0.6) is 0 Å². The van der Waals surface area contributed by atoms with Crippen LogP contribution in [0.2, 0.25) is 0 Å². The summed E-state index contributed by atoms with van der Waals surface area (Å²) in [6.07, 6.45) is 0.985. The summed E-state index contributed by atoms with van der Waals surface area (Å²) in [4.78, 5) is 20.7. The molecule has 1 rings (SSSR count). The van der Waals surface area contributed by atoms with Gasteiger partial charge in [0.05, 0.1) is 23.9 Å². The summed E-state index contributed by atoms with van der Waals surface area (Å²) in [5.41, 5.74) is 4.71. The van der Waals surface area contributed by atoms with Crippen molar-refractivity contribution in [3.05, 3.63) is 21.9 Å². The third-order valence-corrected chi connectivity index (χ3v) is 2.05. The summed E-state index contributed by atoms with van der Waals surface area (Å²) >= 11 is 0. The second-order valence-electron chi connectivity index (χ2n) is 3.27. The Balaban J connectivity index is 3.02. The Hall–Kier alpha value is -1.96. The van der Waals surface area contributed by atoms with Crippen LogP contribution in [0.3, 0.4) is 0 Å². The molecule has 0 fully saturated rings. The summed E-state index contributed by atoms with van der Waals surface area (Å²) in [5.74, 6) is -1.50. The number of rotatable bonds is 5. The van der Waals surface area contributed by atoms with E-state index in [1.807, 2.05) is 0 Å². The van der Waals surface area contributed by atoms with Crippen molar-refractivity contribution < 1.29 is 14.8 Å². The minimum absolute atomic E-state index is 0.0879. The minimum Gasteiger partial charge on any atom is -0.391 e. The van der Waals surface area contributed by atoms with Gasteiger partial charge in [-0.05, 0) is 11.3 Å². The van der Waals surface area contributed by atoms with E-state index in [4.69, 9.17) is 5.73 Å². The summed E-state index contributed by atoms with van der Waals surface area (Å²) in [6.45, 7) is 1.85. The number of nitro groups is 1. The maximum atomic E-state index is 10.9. The second kappa shape index (κ2) is 4.71. The second-order valence-corrected chi connectivity index (χ2v) is 3.27. The third kappa shape index (κ3) is 2.54. The Morgan fingerprint density at radius 1 is 1.81 bits per heavy atom. The molecule has 88 valence electrons. The van der Waals surface area contributed by atoms with Crippen LogP contribution in [0.25, 0.3) is 0 Å². The van der Waals surface area contributed by atoms with E-state index in [1.165, 1.54) is 6.20 Å². The van der Waals surface area contributed by atoms with E-state index in [2.05, 4.69) is 5.10 Å². The zero-order valence-electron chi connectivity index (χ0n) is 8.66. The van der Waals surface area contributed by atoms with Gasteiger partial charge in [0, 0.05) is 0 Å². The molecule has 0 radical (unpaired) electrons. The molecular formula is C8H12N4O4. The molecule has 0 saturated heterocycles. The Morgan fingerprint density at radius 3 is 2.81 bits per heavy atom. The van der Waals surface area contributed by atoms with E-state index in [1.54, 1.807) is 6.92 Å². The largest absolute Gasteiger partial charge is 0.402 e. The molecule has 0 spiro atoms. The summed E-state index contributed by atoms with van der Waals surface area (Å²) < 4.78 is 1.15. The maximum Gasteiger partial charge on any atom is 0.402 e. The van der Waals surface area contributed by atoms with Crippen LogP contribution in [0.1, 0.15) is 23.7 Å². The number of aliphatic hydroxyl groups is 1. The van der Waals surface area contributed by atoms with Gasteiger partial charge in [0.2, 0.25) is 0 Å². The number of hydrogen-bond donors (Lipinski definition) is 2. The lowest BCUT2D eigenvalue weighted by atomic mass is 10.3. The number of nitrogens with two attached hydrogens (primary N) is 1. The van der Waals surface area contributed by atoms with Gasteiger partial charge in [-0.15, -0.1) is 0 Å². The molecule has 1 unspecified atom stereocenters. The van der Waals surface area contributed by atoms with Crippen LogP contribution in [0.4, 0.5) is 5.82 Å². The van der Waals surface area contributed by atoms with Crippen molar-refractivity contribution >= 4 is 11.7 Å². The first-order valence-electron chi connectivity index (χ1n) is 4.65. The minimum atomic E-state index is -0.913. The molecule has 1 heterocycles. The lowest BCUT2D eigenvalue weighted by Crippen LogP contribution is -2.15. The Morgan fingerprint density at radius 2 is 2.44 bits per heavy atom. The van der Waals surface area contributed by atoms with E-state index in [0.717, 1.165) is 4.68 Å². The quantitative estimate of drug-likeness (QED) is 0.527. The molecule has 1 aromatic heterocycles. The number of carbonyl (C=O) groups is 1. The van der Waals surface area contributed by atoms with Gasteiger partial charge in [-0.3, -0.25) is 4.79 Å². The topological polar surface area (TPSA) is 124 Å². The van der Waals surface area contributed by atoms with Crippen LogP contribution in [0, 0.1) is 10.1 Å². The van der Waals surface area contributed by atoms with Crippen LogP contribution in [0.15, 0.2) is 6.20 Å². The van der Waals surface area contributed by atoms with Gasteiger partial charge >= 0.3 is 5.82 Å². The molecule has 3 N–H and O–H groups in total. The Kier molecular flexibility index (Phi) is 3.56. The Labute approximate surface area is 90.8 Å². The molecule has 1 aromatic rings. The molecule has 8 heteroatoms. The molecule has 0 aromatic carbocycles. The number of aromatic nitrogens is 2. The van der Waals surface area contributed by atoms with Crippen LogP contribution < -0.4 is 5.73 Å². The first-order valence-corrected chi connectivity index (χ1v) is 4.65. The first kappa shape index (κ1) is 12.1. The number of aliphatic hydroxyl groups excluding tert-OH is 1. The fourth-order valence-corrected chi connectivity index (χ4v) is 1.16. The van der Waals surface area contributed by atoms with Gasteiger partial charge < -0.3 is 21.0 Å². The van der Waals surface area contributed by atoms with E-state index in [0.29, 0.717) is 6.42 Å². The molecule has 1 amide bonds. The molecule has 16 heavy (non-hydrogen) atoms. The van der Waals surface area contributed by atoms with Crippen molar-refractivity contribution in [3.63, 3.8) is 0 Å². The van der Waals surface area contributed by atoms with Gasteiger partial charge in [-0.2, -0.15) is 4.68 Å². The lowest BCUT2D eigenvalue weighted by Gasteiger charge is -2.03. The van der Waals surface area contributed by atoms with Crippen molar-refractivity contribution in [2.75, 3.05) is 0 Å². The predicted octanol–water partition coefficient (Wildman–Crippen LogP) is -0.339. The predicted molar refractivity (Wildman–Crippen MR) is 53.7 cm³/mol. The smallest absolute Gasteiger partial charge is 0.391 e. The standard InChI is InChI=1S/C8H12N4O4/c1-2-5(13)3-11-4-6(7(9)14)8(10-11)12(15)16/h4-5,13H,2-3H2,1H3,(H2,9,14). The molecule has 8 nitrogen and oxygen atoms in total. The zero-order valence-corrected chi connectivity index (χ0v) is 8.66. The van der Waals surface area contributed by atoms with Gasteiger partial charge in [0.25, 0.3) is 5.91 Å². The molecule has 0 bridgehead atoms. The fourth-order valence-electron chi connectivity index (χ4n) is 1.16. The summed E-state index contributed by atoms with van der Waals surface area (Å²) in [7, 11) is 0. The SMILES string of the molecule is CCC(O)Cn1cc(C(N)=O)c([N+](=O)[O-])n1. The number of hydrogen-bond acceptors (Lipinski definition) is 5. The van der Waals surface area contributed by atoms with E-state index >= 15 is 0 Å². The number of primary amides is 1. The lowest BCUT2D eigenvalue weighted by molar-refractivity contribution is -0.390. The monoisotopic (exact) mass is 228 g/mol. The van der Waals surface area contributed by atoms with E-state index in [9.17, 15) is 20.0 Å². The van der Waals surface area contributed by atoms with Crippen molar-refractivity contribution in [3.8, 4) is 0 Å². The van der Waals surface area contributed by atoms with Gasteiger partial charge in [0.1, 0.15) is 0 Å². The highest BCUT2D eigenvalue weighted by Crippen LogP contribution is 2.15. The normalized spacial score (nSPS) is 12.4. The Bertz CT molecular complexity index is 383. The number of carbonyl (C=O) groups excluding carboxylic acids is 1. The highest BCUT2D eigenvalue weighted by molar-refractivity contribution is 5.95. The van der Waals surface area contributed by atoms with Crippen molar-refractivity contribution in [2.45, 2.75) is 26.0 Å². The van der Waals surface area contributed by atoms with Gasteiger partial charge in [-0.1, -0.05) is 6.92 Å². The van der Waals surface area contributed by atoms with Gasteiger partial charge in [-0.25, -0.2) is 0 Å². The van der Waals surface area contributed by atoms with Crippen LogP contribution in [-0.4, -0.2) is 31.8 Å². The highest BCUT2D eigenvalue weighted by Gasteiger charge is 2.25. The molecule has 0 saturated carbocycles. The van der Waals surface area contributed by atoms with Crippen molar-refractivity contribution in [1.29, 1.82) is 0 Å². The number of nitrogens with zero attached hydrogens (tertiary/aromatic N) is 3. The van der Waals surface area contributed by atoms with Crippen molar-refractivity contribution in [1.82, 2.24) is 9.78 Å². The number of amides is 1. The highest BCUT2D eigenvalue weighted by atomic mass is 16.6. The molecule has 0 aliphatic rings. The zero-order chi connectivity index (χ0) is 12.3. The third-order valence-electron chi connectivity index (χ3n) is 2.05. The van der Waals surface area contributed by atoms with Gasteiger partial charge in [0.15, 0.2) is 5.56 Å². The molecular weight excluding hydrogens is 216 g/mol. The first-order chi connectivity index (χ1) is 7.45. The van der Waals surface area contributed by atoms with Crippen molar-refractivity contribution in [2.24, 2.45) is 5.73 Å². The van der Waals surface area contributed by atoms with E-state index < -0.39 is 22.8 Å². The molecule has 1 atom stereocenters. The van der Waals surface area contributed by atoms with Crippen LogP contribution >= 0.6 is 0 Å². The molecule has 0 aliphatic heterocycles. The molecule has 0 aliphatic carbocycles. The van der Waals surface area contributed by atoms with Crippen LogP contribution in [-0.2, 0) is 6.54 Å². The summed E-state index contributed by atoms with van der Waals surface area (Å²) in [5, 5.41) is 23.5. The fraction of sp³-hybridized carbons (Fsp3) is 0.500. The van der Waals surface area contributed by atoms with E-state index in [-0.39, 0.29) is 12.1 Å².